The first-order valence-corrected chi connectivity index (χ1v) is 10.1. The minimum Gasteiger partial charge on any atom is -0.399 e. The summed E-state index contributed by atoms with van der Waals surface area (Å²) in [5, 5.41) is 17.5. The summed E-state index contributed by atoms with van der Waals surface area (Å²) in [5.74, 6) is 1.80. The number of hydrogen-bond donors (Lipinski definition) is 3. The Hall–Kier alpha value is -2.80. The normalized spacial score (nSPS) is 17.2. The van der Waals surface area contributed by atoms with Gasteiger partial charge in [0.1, 0.15) is 11.6 Å². The van der Waals surface area contributed by atoms with Crippen LogP contribution in [0, 0.1) is 0 Å². The van der Waals surface area contributed by atoms with Crippen LogP contribution >= 0.6 is 0 Å². The molecular formula is C21H28N6O. The topological polar surface area (TPSA) is 91.7 Å². The van der Waals surface area contributed by atoms with E-state index in [0.29, 0.717) is 11.7 Å². The number of nitrogens with one attached hydrogen (secondary N) is 1. The fourth-order valence-corrected chi connectivity index (χ4v) is 4.00. The third-order valence-electron chi connectivity index (χ3n) is 5.45. The number of piperidine rings is 1. The van der Waals surface area contributed by atoms with Crippen LogP contribution in [-0.4, -0.2) is 38.9 Å². The fourth-order valence-electron chi connectivity index (χ4n) is 4.00. The lowest BCUT2D eigenvalue weighted by Crippen LogP contribution is -2.40. The lowest BCUT2D eigenvalue weighted by molar-refractivity contribution is 0.262. The van der Waals surface area contributed by atoms with Gasteiger partial charge >= 0.3 is 0 Å². The third kappa shape index (κ3) is 3.62. The number of fused-ring (bicyclic) bond motifs is 1. The molecule has 28 heavy (non-hydrogen) atoms. The van der Waals surface area contributed by atoms with E-state index in [2.05, 4.69) is 28.3 Å². The number of aliphatic hydroxyl groups excluding tert-OH is 1. The van der Waals surface area contributed by atoms with E-state index in [4.69, 9.17) is 10.7 Å². The van der Waals surface area contributed by atoms with Crippen molar-refractivity contribution in [2.24, 2.45) is 0 Å². The molecule has 7 heteroatoms. The lowest BCUT2D eigenvalue weighted by atomic mass is 9.99. The van der Waals surface area contributed by atoms with Crippen molar-refractivity contribution in [2.45, 2.75) is 45.1 Å². The summed E-state index contributed by atoms with van der Waals surface area (Å²) >= 11 is 0. The van der Waals surface area contributed by atoms with Crippen molar-refractivity contribution in [1.29, 1.82) is 0 Å². The fraction of sp³-hybridized carbons (Fsp3) is 0.429. The van der Waals surface area contributed by atoms with Gasteiger partial charge in [0.15, 0.2) is 5.65 Å². The molecule has 1 atom stereocenters. The summed E-state index contributed by atoms with van der Waals surface area (Å²) in [7, 11) is 0. The molecule has 148 valence electrons. The number of rotatable bonds is 6. The molecule has 0 radical (unpaired) electrons. The largest absolute Gasteiger partial charge is 0.399 e. The highest BCUT2D eigenvalue weighted by atomic mass is 16.3. The van der Waals surface area contributed by atoms with E-state index in [1.807, 2.05) is 35.0 Å². The highest BCUT2D eigenvalue weighted by molar-refractivity contribution is 5.67. The van der Waals surface area contributed by atoms with Crippen LogP contribution in [-0.2, 0) is 6.42 Å². The van der Waals surface area contributed by atoms with Crippen molar-refractivity contribution in [3.63, 3.8) is 0 Å². The second-order valence-corrected chi connectivity index (χ2v) is 7.36. The van der Waals surface area contributed by atoms with Crippen molar-refractivity contribution < 1.29 is 5.11 Å². The maximum Gasteiger partial charge on any atom is 0.162 e. The first-order chi connectivity index (χ1) is 13.7. The summed E-state index contributed by atoms with van der Waals surface area (Å²) in [4.78, 5) is 7.31. The van der Waals surface area contributed by atoms with Crippen LogP contribution in [0.15, 0.2) is 36.5 Å². The van der Waals surface area contributed by atoms with Gasteiger partial charge in [-0.05, 0) is 50.3 Å². The Morgan fingerprint density at radius 2 is 2.18 bits per heavy atom. The smallest absolute Gasteiger partial charge is 0.162 e. The quantitative estimate of drug-likeness (QED) is 0.568. The number of benzene rings is 1. The van der Waals surface area contributed by atoms with Crippen molar-refractivity contribution in [3.05, 3.63) is 42.1 Å². The van der Waals surface area contributed by atoms with Gasteiger partial charge in [-0.15, -0.1) is 0 Å². The number of nitrogens with two attached hydrogens (primary N) is 1. The predicted octanol–water partition coefficient (Wildman–Crippen LogP) is 3.36. The van der Waals surface area contributed by atoms with Crippen LogP contribution in [0.25, 0.3) is 5.65 Å². The monoisotopic (exact) mass is 380 g/mol. The van der Waals surface area contributed by atoms with E-state index in [1.54, 1.807) is 0 Å². The number of nitrogen functional groups attached to an aromatic ring is 1. The first-order valence-electron chi connectivity index (χ1n) is 10.1. The van der Waals surface area contributed by atoms with Gasteiger partial charge in [-0.25, -0.2) is 4.98 Å². The zero-order valence-corrected chi connectivity index (χ0v) is 16.3. The Labute approximate surface area is 165 Å². The van der Waals surface area contributed by atoms with E-state index in [0.717, 1.165) is 60.8 Å². The number of anilines is 4. The highest BCUT2D eigenvalue weighted by Crippen LogP contribution is 2.30. The van der Waals surface area contributed by atoms with Crippen molar-refractivity contribution >= 4 is 28.7 Å². The summed E-state index contributed by atoms with van der Waals surface area (Å²) < 4.78 is 1.86. The van der Waals surface area contributed by atoms with E-state index in [1.165, 1.54) is 6.42 Å². The molecular weight excluding hydrogens is 352 g/mol. The number of nitrogens with zero attached hydrogens (tertiary/aromatic N) is 4. The van der Waals surface area contributed by atoms with Crippen LogP contribution in [0.1, 0.15) is 38.2 Å². The molecule has 1 aliphatic rings. The molecule has 1 aromatic carbocycles. The van der Waals surface area contributed by atoms with Crippen molar-refractivity contribution in [2.75, 3.05) is 29.1 Å². The summed E-state index contributed by atoms with van der Waals surface area (Å²) in [6, 6.07) is 10.1. The highest BCUT2D eigenvalue weighted by Gasteiger charge is 2.24. The number of aliphatic hydroxyl groups is 1. The molecule has 3 heterocycles. The van der Waals surface area contributed by atoms with Gasteiger partial charge in [-0.1, -0.05) is 13.0 Å². The summed E-state index contributed by atoms with van der Waals surface area (Å²) in [6.45, 7) is 3.28. The minimum absolute atomic E-state index is 0.199. The molecule has 0 aliphatic carbocycles. The molecule has 0 saturated carbocycles. The van der Waals surface area contributed by atoms with E-state index in [9.17, 15) is 5.11 Å². The van der Waals surface area contributed by atoms with Crippen LogP contribution in [0.5, 0.6) is 0 Å². The van der Waals surface area contributed by atoms with Crippen LogP contribution in [0.4, 0.5) is 23.0 Å². The first kappa shape index (κ1) is 18.6. The second kappa shape index (κ2) is 8.06. The van der Waals surface area contributed by atoms with Gasteiger partial charge in [0.25, 0.3) is 0 Å². The molecule has 1 fully saturated rings. The third-order valence-corrected chi connectivity index (χ3v) is 5.45. The molecule has 3 aromatic rings. The van der Waals surface area contributed by atoms with Crippen molar-refractivity contribution in [1.82, 2.24) is 14.6 Å². The Bertz CT molecular complexity index is 951. The molecule has 1 saturated heterocycles. The van der Waals surface area contributed by atoms with Gasteiger partial charge in [0, 0.05) is 42.2 Å². The Kier molecular flexibility index (Phi) is 5.34. The SMILES string of the molecule is CCc1cnn2c(Nc3cccc(N)c3)cc(N3CCCCC3CCO)nc12. The average Bonchev–Trinajstić information content (AvgIpc) is 3.12. The summed E-state index contributed by atoms with van der Waals surface area (Å²) in [5.41, 5.74) is 9.56. The predicted molar refractivity (Wildman–Crippen MR) is 113 cm³/mol. The average molecular weight is 380 g/mol. The molecule has 2 aromatic heterocycles. The molecule has 1 aliphatic heterocycles. The molecule has 4 N–H and O–H groups in total. The standard InChI is InChI=1S/C21H28N6O/c1-2-15-14-23-27-20(24-17-7-5-6-16(22)12-17)13-19(25-21(15)27)26-10-4-3-8-18(26)9-11-28/h5-7,12-14,18,24,28H,2-4,8-11,22H2,1H3. The maximum absolute atomic E-state index is 9.49. The molecule has 0 bridgehead atoms. The molecule has 1 unspecified atom stereocenters. The number of hydrogen-bond acceptors (Lipinski definition) is 6. The van der Waals surface area contributed by atoms with Crippen LogP contribution in [0.3, 0.4) is 0 Å². The Morgan fingerprint density at radius 3 is 2.96 bits per heavy atom. The van der Waals surface area contributed by atoms with E-state index < -0.39 is 0 Å². The van der Waals surface area contributed by atoms with Gasteiger partial charge < -0.3 is 21.1 Å². The zero-order valence-electron chi connectivity index (χ0n) is 16.3. The van der Waals surface area contributed by atoms with Crippen molar-refractivity contribution in [3.8, 4) is 0 Å². The van der Waals surface area contributed by atoms with E-state index >= 15 is 0 Å². The molecule has 4 rings (SSSR count). The molecule has 0 amide bonds. The zero-order chi connectivity index (χ0) is 19.5. The minimum atomic E-state index is 0.199. The number of aryl methyl sites for hydroxylation is 1. The van der Waals surface area contributed by atoms with E-state index in [-0.39, 0.29) is 6.61 Å². The molecule has 7 nitrogen and oxygen atoms in total. The van der Waals surface area contributed by atoms with Gasteiger partial charge in [0.05, 0.1) is 6.20 Å². The Balaban J connectivity index is 1.78. The Morgan fingerprint density at radius 1 is 1.29 bits per heavy atom. The maximum atomic E-state index is 9.49. The molecule has 0 spiro atoms. The second-order valence-electron chi connectivity index (χ2n) is 7.36. The lowest BCUT2D eigenvalue weighted by Gasteiger charge is -2.36. The van der Waals surface area contributed by atoms with Crippen LogP contribution in [0.2, 0.25) is 0 Å². The van der Waals surface area contributed by atoms with Gasteiger partial charge in [0.2, 0.25) is 0 Å². The van der Waals surface area contributed by atoms with Gasteiger partial charge in [-0.2, -0.15) is 9.61 Å². The van der Waals surface area contributed by atoms with Crippen LogP contribution < -0.4 is 16.0 Å². The number of aromatic nitrogens is 3. The summed E-state index contributed by atoms with van der Waals surface area (Å²) in [6.07, 6.45) is 6.96. The van der Waals surface area contributed by atoms with Gasteiger partial charge in [-0.3, -0.25) is 0 Å².